The molecule has 4 rings (SSSR count). The molecule has 0 saturated carbocycles. The summed E-state index contributed by atoms with van der Waals surface area (Å²) in [5, 5.41) is 0.746. The Balaban J connectivity index is 1.46. The Morgan fingerprint density at radius 1 is 1.00 bits per heavy atom. The fraction of sp³-hybridized carbons (Fsp3) is 0.174. The monoisotopic (exact) mass is 419 g/mol. The minimum Gasteiger partial charge on any atom is -0.284 e. The number of carbonyl (C=O) groups excluding carboxylic acids is 1. The molecular formula is C23H21N3OS2. The number of nitrogens with zero attached hydrogens (tertiary/aromatic N) is 3. The molecule has 4 aromatic rings. The van der Waals surface area contributed by atoms with Crippen LogP contribution in [0.15, 0.2) is 84.0 Å². The van der Waals surface area contributed by atoms with E-state index < -0.39 is 0 Å². The fourth-order valence-electron chi connectivity index (χ4n) is 2.98. The first-order valence-electron chi connectivity index (χ1n) is 9.52. The van der Waals surface area contributed by atoms with Gasteiger partial charge in [-0.15, -0.1) is 11.8 Å². The number of rotatable bonds is 8. The van der Waals surface area contributed by atoms with Crippen LogP contribution in [0.4, 0.5) is 5.13 Å². The molecule has 0 atom stereocenters. The van der Waals surface area contributed by atoms with E-state index in [4.69, 9.17) is 4.98 Å². The van der Waals surface area contributed by atoms with Gasteiger partial charge in [-0.05, 0) is 48.1 Å². The normalized spacial score (nSPS) is 10.9. The summed E-state index contributed by atoms with van der Waals surface area (Å²) in [5.74, 6) is 1.01. The van der Waals surface area contributed by atoms with Crippen molar-refractivity contribution in [2.75, 3.05) is 10.7 Å². The van der Waals surface area contributed by atoms with E-state index in [0.717, 1.165) is 33.1 Å². The molecule has 2 heterocycles. The van der Waals surface area contributed by atoms with Crippen LogP contribution in [0.5, 0.6) is 0 Å². The number of hydrogen-bond acceptors (Lipinski definition) is 5. The van der Waals surface area contributed by atoms with Gasteiger partial charge >= 0.3 is 0 Å². The number of thiazole rings is 1. The Morgan fingerprint density at radius 2 is 1.83 bits per heavy atom. The number of para-hydroxylation sites is 1. The molecule has 0 unspecified atom stereocenters. The number of aromatic nitrogens is 2. The lowest BCUT2D eigenvalue weighted by Gasteiger charge is -2.20. The largest absolute Gasteiger partial charge is 0.284 e. The molecular weight excluding hydrogens is 398 g/mol. The van der Waals surface area contributed by atoms with Crippen molar-refractivity contribution >= 4 is 44.4 Å². The minimum atomic E-state index is 0.0987. The van der Waals surface area contributed by atoms with E-state index in [9.17, 15) is 4.79 Å². The van der Waals surface area contributed by atoms with Gasteiger partial charge in [-0.3, -0.25) is 14.7 Å². The molecule has 146 valence electrons. The van der Waals surface area contributed by atoms with Gasteiger partial charge in [-0.25, -0.2) is 4.98 Å². The number of hydrogen-bond donors (Lipinski definition) is 0. The first-order chi connectivity index (χ1) is 14.3. The van der Waals surface area contributed by atoms with Crippen molar-refractivity contribution in [3.8, 4) is 0 Å². The number of amides is 1. The van der Waals surface area contributed by atoms with Crippen molar-refractivity contribution in [2.45, 2.75) is 24.3 Å². The third-order valence-electron chi connectivity index (χ3n) is 4.42. The van der Waals surface area contributed by atoms with Gasteiger partial charge in [0.25, 0.3) is 0 Å². The summed E-state index contributed by atoms with van der Waals surface area (Å²) in [6.07, 6.45) is 4.87. The third-order valence-corrected chi connectivity index (χ3v) is 6.58. The third kappa shape index (κ3) is 5.22. The standard InChI is InChI=1S/C23H21N3OS2/c27-22(13-7-15-28-19-9-2-1-3-10-19)26(17-18-8-6-14-24-16-18)23-25-20-11-4-5-12-21(20)29-23/h1-6,8-12,14,16H,7,13,15,17H2. The summed E-state index contributed by atoms with van der Waals surface area (Å²) >= 11 is 3.34. The molecule has 0 aliphatic heterocycles. The number of carbonyl (C=O) groups is 1. The van der Waals surface area contributed by atoms with E-state index >= 15 is 0 Å². The van der Waals surface area contributed by atoms with Crippen molar-refractivity contribution in [3.63, 3.8) is 0 Å². The molecule has 0 N–H and O–H groups in total. The van der Waals surface area contributed by atoms with Crippen LogP contribution in [0.25, 0.3) is 10.2 Å². The van der Waals surface area contributed by atoms with E-state index in [1.165, 1.54) is 4.90 Å². The van der Waals surface area contributed by atoms with Crippen LogP contribution in [0.3, 0.4) is 0 Å². The van der Waals surface area contributed by atoms with Crippen molar-refractivity contribution < 1.29 is 4.79 Å². The zero-order valence-corrected chi connectivity index (χ0v) is 17.5. The van der Waals surface area contributed by atoms with Crippen LogP contribution >= 0.6 is 23.1 Å². The Bertz CT molecular complexity index is 1030. The first kappa shape index (κ1) is 19.6. The fourth-order valence-corrected chi connectivity index (χ4v) is 4.83. The second kappa shape index (κ2) is 9.67. The molecule has 0 fully saturated rings. The molecule has 4 nitrogen and oxygen atoms in total. The van der Waals surface area contributed by atoms with Gasteiger partial charge in [0.05, 0.1) is 16.8 Å². The summed E-state index contributed by atoms with van der Waals surface area (Å²) < 4.78 is 1.09. The number of anilines is 1. The molecule has 0 aliphatic carbocycles. The zero-order valence-electron chi connectivity index (χ0n) is 15.9. The maximum atomic E-state index is 13.1. The molecule has 2 aromatic heterocycles. The van der Waals surface area contributed by atoms with Crippen molar-refractivity contribution in [1.82, 2.24) is 9.97 Å². The Morgan fingerprint density at radius 3 is 2.62 bits per heavy atom. The predicted octanol–water partition coefficient (Wildman–Crippen LogP) is 5.80. The lowest BCUT2D eigenvalue weighted by molar-refractivity contribution is -0.118. The number of pyridine rings is 1. The highest BCUT2D eigenvalue weighted by Crippen LogP contribution is 2.30. The van der Waals surface area contributed by atoms with Gasteiger partial charge in [0.1, 0.15) is 0 Å². The van der Waals surface area contributed by atoms with Crippen LogP contribution in [0.1, 0.15) is 18.4 Å². The molecule has 0 saturated heterocycles. The SMILES string of the molecule is O=C(CCCSc1ccccc1)N(Cc1cccnc1)c1nc2ccccc2s1. The smallest absolute Gasteiger partial charge is 0.229 e. The highest BCUT2D eigenvalue weighted by atomic mass is 32.2. The molecule has 0 spiro atoms. The second-order valence-corrected chi connectivity index (χ2v) is 8.75. The van der Waals surface area contributed by atoms with Gasteiger partial charge in [-0.1, -0.05) is 47.7 Å². The van der Waals surface area contributed by atoms with E-state index in [1.54, 1.807) is 40.4 Å². The number of benzene rings is 2. The van der Waals surface area contributed by atoms with E-state index in [1.807, 2.05) is 54.6 Å². The van der Waals surface area contributed by atoms with E-state index in [-0.39, 0.29) is 5.91 Å². The lowest BCUT2D eigenvalue weighted by atomic mass is 10.2. The van der Waals surface area contributed by atoms with Crippen LogP contribution in [0.2, 0.25) is 0 Å². The molecule has 0 radical (unpaired) electrons. The zero-order chi connectivity index (χ0) is 19.9. The quantitative estimate of drug-likeness (QED) is 0.268. The summed E-state index contributed by atoms with van der Waals surface area (Å²) in [7, 11) is 0. The first-order valence-corrected chi connectivity index (χ1v) is 11.3. The molecule has 6 heteroatoms. The molecule has 1 amide bonds. The lowest BCUT2D eigenvalue weighted by Crippen LogP contribution is -2.30. The highest BCUT2D eigenvalue weighted by molar-refractivity contribution is 7.99. The molecule has 29 heavy (non-hydrogen) atoms. The van der Waals surface area contributed by atoms with Crippen molar-refractivity contribution in [2.24, 2.45) is 0 Å². The Hall–Kier alpha value is -2.70. The van der Waals surface area contributed by atoms with Crippen LogP contribution in [-0.4, -0.2) is 21.6 Å². The summed E-state index contributed by atoms with van der Waals surface area (Å²) in [6.45, 7) is 0.484. The summed E-state index contributed by atoms with van der Waals surface area (Å²) in [4.78, 5) is 25.0. The van der Waals surface area contributed by atoms with Crippen LogP contribution in [0, 0.1) is 0 Å². The van der Waals surface area contributed by atoms with E-state index in [2.05, 4.69) is 17.1 Å². The Kier molecular flexibility index (Phi) is 6.54. The average molecular weight is 420 g/mol. The van der Waals surface area contributed by atoms with Gasteiger partial charge in [-0.2, -0.15) is 0 Å². The topological polar surface area (TPSA) is 46.1 Å². The Labute approximate surface area is 178 Å². The number of thioether (sulfide) groups is 1. The molecule has 0 aliphatic rings. The van der Waals surface area contributed by atoms with Crippen molar-refractivity contribution in [3.05, 3.63) is 84.7 Å². The molecule has 0 bridgehead atoms. The summed E-state index contributed by atoms with van der Waals surface area (Å²) in [6, 6.07) is 22.2. The van der Waals surface area contributed by atoms with Gasteiger partial charge < -0.3 is 0 Å². The highest BCUT2D eigenvalue weighted by Gasteiger charge is 2.20. The van der Waals surface area contributed by atoms with Crippen LogP contribution < -0.4 is 4.90 Å². The van der Waals surface area contributed by atoms with E-state index in [0.29, 0.717) is 13.0 Å². The second-order valence-electron chi connectivity index (χ2n) is 6.57. The number of fused-ring (bicyclic) bond motifs is 1. The van der Waals surface area contributed by atoms with Gasteiger partial charge in [0.2, 0.25) is 5.91 Å². The van der Waals surface area contributed by atoms with Gasteiger partial charge in [0, 0.05) is 23.7 Å². The average Bonchev–Trinajstić information content (AvgIpc) is 3.20. The summed E-state index contributed by atoms with van der Waals surface area (Å²) in [5.41, 5.74) is 1.93. The maximum absolute atomic E-state index is 13.1. The maximum Gasteiger partial charge on any atom is 0.229 e. The predicted molar refractivity (Wildman–Crippen MR) is 121 cm³/mol. The van der Waals surface area contributed by atoms with Crippen molar-refractivity contribution in [1.29, 1.82) is 0 Å². The minimum absolute atomic E-state index is 0.0987. The van der Waals surface area contributed by atoms with Gasteiger partial charge in [0.15, 0.2) is 5.13 Å². The molecule has 2 aromatic carbocycles. The van der Waals surface area contributed by atoms with Crippen LogP contribution in [-0.2, 0) is 11.3 Å².